The van der Waals surface area contributed by atoms with E-state index >= 15 is 0 Å². The SMILES string of the molecule is [CH2][Si](C)(C)Cc1c[nH]c2ccccc12. The highest BCUT2D eigenvalue weighted by Crippen LogP contribution is 2.21. The fourth-order valence-corrected chi connectivity index (χ4v) is 3.12. The Morgan fingerprint density at radius 1 is 1.29 bits per heavy atom. The second kappa shape index (κ2) is 3.28. The Morgan fingerprint density at radius 3 is 2.71 bits per heavy atom. The summed E-state index contributed by atoms with van der Waals surface area (Å²) in [7, 11) is -1.25. The molecule has 1 N–H and O–H groups in total. The van der Waals surface area contributed by atoms with Crippen LogP contribution in [0.15, 0.2) is 30.5 Å². The van der Waals surface area contributed by atoms with E-state index in [1.54, 1.807) is 0 Å². The van der Waals surface area contributed by atoms with Gasteiger partial charge in [-0.05, 0) is 17.7 Å². The third-order valence-electron chi connectivity index (χ3n) is 2.34. The summed E-state index contributed by atoms with van der Waals surface area (Å²) in [6, 6.07) is 9.61. The molecule has 0 amide bonds. The minimum absolute atomic E-state index is 1.15. The number of rotatable bonds is 2. The Bertz CT molecular complexity index is 437. The predicted molar refractivity (Wildman–Crippen MR) is 64.8 cm³/mol. The monoisotopic (exact) mass is 202 g/mol. The highest BCUT2D eigenvalue weighted by Gasteiger charge is 2.16. The molecule has 0 bridgehead atoms. The molecule has 1 aromatic carbocycles. The molecule has 0 saturated carbocycles. The van der Waals surface area contributed by atoms with Crippen molar-refractivity contribution in [1.82, 2.24) is 4.98 Å². The van der Waals surface area contributed by atoms with Crippen molar-refractivity contribution >= 4 is 19.0 Å². The second-order valence-electron chi connectivity index (χ2n) is 4.70. The van der Waals surface area contributed by atoms with Gasteiger partial charge in [-0.25, -0.2) is 0 Å². The van der Waals surface area contributed by atoms with E-state index in [2.05, 4.69) is 55.1 Å². The van der Waals surface area contributed by atoms with E-state index in [4.69, 9.17) is 0 Å². The van der Waals surface area contributed by atoms with E-state index < -0.39 is 8.07 Å². The highest BCUT2D eigenvalue weighted by atomic mass is 28.3. The summed E-state index contributed by atoms with van der Waals surface area (Å²) in [6.07, 6.45) is 2.13. The third-order valence-corrected chi connectivity index (χ3v) is 3.68. The van der Waals surface area contributed by atoms with Gasteiger partial charge >= 0.3 is 0 Å². The molecule has 0 saturated heterocycles. The van der Waals surface area contributed by atoms with E-state index in [-0.39, 0.29) is 0 Å². The van der Waals surface area contributed by atoms with Crippen LogP contribution in [0.3, 0.4) is 0 Å². The zero-order chi connectivity index (χ0) is 10.2. The molecule has 0 aliphatic heterocycles. The summed E-state index contributed by atoms with van der Waals surface area (Å²) in [5.41, 5.74) is 2.66. The van der Waals surface area contributed by atoms with Crippen LogP contribution in [-0.4, -0.2) is 13.1 Å². The molecule has 2 heteroatoms. The molecule has 0 unspecified atom stereocenters. The van der Waals surface area contributed by atoms with Crippen molar-refractivity contribution in [2.24, 2.45) is 0 Å². The minimum Gasteiger partial charge on any atom is -0.361 e. The number of benzene rings is 1. The molecule has 1 radical (unpaired) electrons. The van der Waals surface area contributed by atoms with Gasteiger partial charge in [0.25, 0.3) is 0 Å². The molecule has 14 heavy (non-hydrogen) atoms. The predicted octanol–water partition coefficient (Wildman–Crippen LogP) is 3.33. The number of hydrogen-bond acceptors (Lipinski definition) is 0. The van der Waals surface area contributed by atoms with Gasteiger partial charge in [0.1, 0.15) is 0 Å². The summed E-state index contributed by atoms with van der Waals surface area (Å²) in [5.74, 6) is 0. The van der Waals surface area contributed by atoms with E-state index in [0.29, 0.717) is 0 Å². The van der Waals surface area contributed by atoms with Gasteiger partial charge in [0, 0.05) is 17.1 Å². The molecule has 0 aliphatic carbocycles. The lowest BCUT2D eigenvalue weighted by Gasteiger charge is -2.14. The van der Waals surface area contributed by atoms with Crippen LogP contribution in [0.2, 0.25) is 13.1 Å². The second-order valence-corrected chi connectivity index (χ2v) is 9.38. The lowest BCUT2D eigenvalue weighted by Crippen LogP contribution is -2.24. The van der Waals surface area contributed by atoms with Gasteiger partial charge in [0.2, 0.25) is 0 Å². The van der Waals surface area contributed by atoms with E-state index in [9.17, 15) is 0 Å². The van der Waals surface area contributed by atoms with Crippen LogP contribution in [0.4, 0.5) is 0 Å². The number of nitrogens with one attached hydrogen (secondary N) is 1. The molecule has 73 valence electrons. The van der Waals surface area contributed by atoms with Crippen LogP contribution >= 0.6 is 0 Å². The standard InChI is InChI=1S/C12H16NSi/c1-14(2,3)9-10-8-13-12-7-5-4-6-11(10)12/h4-8,13H,1,9H2,2-3H3. The van der Waals surface area contributed by atoms with Gasteiger partial charge in [0.05, 0.1) is 8.07 Å². The molecule has 1 aromatic heterocycles. The first-order valence-electron chi connectivity index (χ1n) is 4.97. The molecular weight excluding hydrogens is 186 g/mol. The van der Waals surface area contributed by atoms with Crippen molar-refractivity contribution in [2.45, 2.75) is 19.1 Å². The average Bonchev–Trinajstić information content (AvgIpc) is 2.47. The lowest BCUT2D eigenvalue weighted by atomic mass is 10.2. The fourth-order valence-electron chi connectivity index (χ4n) is 1.79. The molecule has 0 spiro atoms. The molecule has 2 aromatic rings. The van der Waals surface area contributed by atoms with Crippen molar-refractivity contribution in [1.29, 1.82) is 0 Å². The summed E-state index contributed by atoms with van der Waals surface area (Å²) in [5, 5.41) is 1.36. The van der Waals surface area contributed by atoms with Crippen molar-refractivity contribution in [3.63, 3.8) is 0 Å². The Kier molecular flexibility index (Phi) is 2.23. The number of aromatic nitrogens is 1. The maximum Gasteiger partial charge on any atom is 0.0516 e. The Morgan fingerprint density at radius 2 is 2.00 bits per heavy atom. The van der Waals surface area contributed by atoms with E-state index in [1.165, 1.54) is 16.5 Å². The van der Waals surface area contributed by atoms with Crippen molar-refractivity contribution < 1.29 is 0 Å². The normalized spacial score (nSPS) is 12.2. The number of hydrogen-bond donors (Lipinski definition) is 1. The Balaban J connectivity index is 2.44. The molecule has 2 rings (SSSR count). The van der Waals surface area contributed by atoms with Crippen molar-refractivity contribution in [3.8, 4) is 0 Å². The first-order chi connectivity index (χ1) is 6.56. The number of H-pyrrole nitrogens is 1. The van der Waals surface area contributed by atoms with Crippen LogP contribution in [-0.2, 0) is 6.04 Å². The van der Waals surface area contributed by atoms with Gasteiger partial charge in [-0.15, -0.1) is 0 Å². The van der Waals surface area contributed by atoms with Gasteiger partial charge in [-0.2, -0.15) is 0 Å². The van der Waals surface area contributed by atoms with Gasteiger partial charge in [0.15, 0.2) is 0 Å². The quantitative estimate of drug-likeness (QED) is 0.719. The largest absolute Gasteiger partial charge is 0.361 e. The van der Waals surface area contributed by atoms with Crippen LogP contribution in [0.1, 0.15) is 5.56 Å². The lowest BCUT2D eigenvalue weighted by molar-refractivity contribution is 1.33. The fraction of sp³-hybridized carbons (Fsp3) is 0.250. The summed E-state index contributed by atoms with van der Waals surface area (Å²) < 4.78 is 0. The average molecular weight is 202 g/mol. The Hall–Kier alpha value is -1.02. The molecule has 0 aliphatic rings. The van der Waals surface area contributed by atoms with E-state index in [1.807, 2.05) is 0 Å². The highest BCUT2D eigenvalue weighted by molar-refractivity contribution is 6.78. The first kappa shape index (κ1) is 9.53. The van der Waals surface area contributed by atoms with Gasteiger partial charge < -0.3 is 4.98 Å². The van der Waals surface area contributed by atoms with Crippen LogP contribution in [0, 0.1) is 6.55 Å². The summed E-state index contributed by atoms with van der Waals surface area (Å²) >= 11 is 0. The minimum atomic E-state index is -1.25. The molecule has 1 heterocycles. The van der Waals surface area contributed by atoms with Crippen LogP contribution in [0.5, 0.6) is 0 Å². The molecular formula is C12H16NSi. The Labute approximate surface area is 86.2 Å². The summed E-state index contributed by atoms with van der Waals surface area (Å²) in [6.45, 7) is 8.88. The first-order valence-corrected chi connectivity index (χ1v) is 8.38. The van der Waals surface area contributed by atoms with E-state index in [0.717, 1.165) is 6.04 Å². The van der Waals surface area contributed by atoms with Crippen LogP contribution < -0.4 is 0 Å². The number of aromatic amines is 1. The van der Waals surface area contributed by atoms with Gasteiger partial charge in [-0.1, -0.05) is 37.8 Å². The van der Waals surface area contributed by atoms with Crippen LogP contribution in [0.25, 0.3) is 10.9 Å². The third kappa shape index (κ3) is 1.90. The smallest absolute Gasteiger partial charge is 0.0516 e. The van der Waals surface area contributed by atoms with Crippen molar-refractivity contribution in [2.75, 3.05) is 0 Å². The van der Waals surface area contributed by atoms with Gasteiger partial charge in [-0.3, -0.25) is 0 Å². The molecule has 0 fully saturated rings. The molecule has 0 atom stereocenters. The van der Waals surface area contributed by atoms with Crippen molar-refractivity contribution in [3.05, 3.63) is 42.6 Å². The zero-order valence-electron chi connectivity index (χ0n) is 8.80. The maximum absolute atomic E-state index is 4.28. The number of para-hydroxylation sites is 1. The maximum atomic E-state index is 4.28. The summed E-state index contributed by atoms with van der Waals surface area (Å²) in [4.78, 5) is 3.31. The topological polar surface area (TPSA) is 15.8 Å². The zero-order valence-corrected chi connectivity index (χ0v) is 9.80. The number of fused-ring (bicyclic) bond motifs is 1. The molecule has 1 nitrogen and oxygen atoms in total.